The number of nitrogens with zero attached hydrogens (tertiary/aromatic N) is 2. The number of nitriles is 1. The van der Waals surface area contributed by atoms with E-state index in [1.165, 1.54) is 0 Å². The summed E-state index contributed by atoms with van der Waals surface area (Å²) in [4.78, 5) is 27.7. The van der Waals surface area contributed by atoms with E-state index < -0.39 is 0 Å². The van der Waals surface area contributed by atoms with Crippen molar-refractivity contribution in [1.29, 1.82) is 5.26 Å². The molecule has 0 spiro atoms. The summed E-state index contributed by atoms with van der Waals surface area (Å²) in [6.07, 6.45) is 0.398. The molecule has 6 heteroatoms. The van der Waals surface area contributed by atoms with Crippen molar-refractivity contribution in [3.05, 3.63) is 65.2 Å². The molecule has 0 saturated carbocycles. The highest BCUT2D eigenvalue weighted by Gasteiger charge is 2.26. The Balaban J connectivity index is 2.32. The van der Waals surface area contributed by atoms with E-state index in [0.717, 1.165) is 5.56 Å². The highest BCUT2D eigenvalue weighted by molar-refractivity contribution is 5.95. The Morgan fingerprint density at radius 2 is 1.66 bits per heavy atom. The number of para-hydroxylation sites is 1. The molecule has 0 bridgehead atoms. The monoisotopic (exact) mass is 434 g/mol. The van der Waals surface area contributed by atoms with Crippen LogP contribution >= 0.6 is 0 Å². The zero-order chi connectivity index (χ0) is 23.9. The van der Waals surface area contributed by atoms with Gasteiger partial charge in [0.05, 0.1) is 11.6 Å². The van der Waals surface area contributed by atoms with Gasteiger partial charge in [0.1, 0.15) is 0 Å². The van der Waals surface area contributed by atoms with Crippen LogP contribution < -0.4 is 11.1 Å². The fourth-order valence-corrected chi connectivity index (χ4v) is 3.31. The van der Waals surface area contributed by atoms with Gasteiger partial charge in [-0.1, -0.05) is 52.8 Å². The zero-order valence-electron chi connectivity index (χ0n) is 19.7. The minimum absolute atomic E-state index is 0.0581. The lowest BCUT2D eigenvalue weighted by Gasteiger charge is -2.32. The molecule has 0 fully saturated rings. The molecule has 2 aromatic carbocycles. The van der Waals surface area contributed by atoms with Crippen molar-refractivity contribution in [1.82, 2.24) is 4.90 Å². The van der Waals surface area contributed by atoms with E-state index >= 15 is 0 Å². The molecular weight excluding hydrogens is 400 g/mol. The molecule has 2 amide bonds. The molecule has 0 aliphatic carbocycles. The highest BCUT2D eigenvalue weighted by atomic mass is 16.2. The molecule has 0 aliphatic heterocycles. The molecule has 0 aromatic heterocycles. The van der Waals surface area contributed by atoms with E-state index in [1.54, 1.807) is 29.2 Å². The van der Waals surface area contributed by atoms with E-state index in [2.05, 4.69) is 11.4 Å². The molecule has 32 heavy (non-hydrogen) atoms. The molecule has 0 saturated heterocycles. The lowest BCUT2D eigenvalue weighted by molar-refractivity contribution is -0.117. The average Bonchev–Trinajstić information content (AvgIpc) is 2.72. The summed E-state index contributed by atoms with van der Waals surface area (Å²) >= 11 is 0. The summed E-state index contributed by atoms with van der Waals surface area (Å²) in [5.74, 6) is -0.205. The lowest BCUT2D eigenvalue weighted by Crippen LogP contribution is -2.41. The minimum atomic E-state index is -0.285. The first kappa shape index (κ1) is 25.1. The third-order valence-corrected chi connectivity index (χ3v) is 5.06. The van der Waals surface area contributed by atoms with Gasteiger partial charge in [0, 0.05) is 30.8 Å². The zero-order valence-corrected chi connectivity index (χ0v) is 19.7. The number of nitrogens with one attached hydrogen (secondary N) is 1. The number of carbonyl (C=O) groups is 2. The van der Waals surface area contributed by atoms with Gasteiger partial charge >= 0.3 is 0 Å². The second-order valence-electron chi connectivity index (χ2n) is 10.2. The molecule has 0 heterocycles. The molecule has 2 aromatic rings. The van der Waals surface area contributed by atoms with Crippen LogP contribution in [0.2, 0.25) is 0 Å². The first-order chi connectivity index (χ1) is 14.9. The first-order valence-corrected chi connectivity index (χ1v) is 10.8. The average molecular weight is 435 g/mol. The quantitative estimate of drug-likeness (QED) is 0.636. The third kappa shape index (κ3) is 7.51. The van der Waals surface area contributed by atoms with Gasteiger partial charge in [-0.2, -0.15) is 5.26 Å². The Morgan fingerprint density at radius 3 is 2.22 bits per heavy atom. The van der Waals surface area contributed by atoms with E-state index in [4.69, 9.17) is 11.0 Å². The van der Waals surface area contributed by atoms with E-state index in [9.17, 15) is 9.59 Å². The van der Waals surface area contributed by atoms with E-state index in [0.29, 0.717) is 42.9 Å². The summed E-state index contributed by atoms with van der Waals surface area (Å²) < 4.78 is 0. The lowest BCUT2D eigenvalue weighted by atomic mass is 9.91. The summed E-state index contributed by atoms with van der Waals surface area (Å²) in [6.45, 7) is 11.3. The number of hydrogen-bond donors (Lipinski definition) is 2. The van der Waals surface area contributed by atoms with Crippen molar-refractivity contribution in [2.75, 3.05) is 18.4 Å². The normalized spacial score (nSPS) is 11.5. The van der Waals surface area contributed by atoms with Gasteiger partial charge in [0.25, 0.3) is 5.91 Å². The van der Waals surface area contributed by atoms with Crippen molar-refractivity contribution >= 4 is 17.5 Å². The SMILES string of the molecule is CC(C)(C)CC(=O)Nc1ccccc1CN(CC(C)(C)CN)C(=O)c1ccc(C#N)cc1. The number of rotatable bonds is 8. The number of hydrogen-bond acceptors (Lipinski definition) is 4. The number of benzene rings is 2. The molecule has 0 unspecified atom stereocenters. The van der Waals surface area contributed by atoms with Gasteiger partial charge in [-0.25, -0.2) is 0 Å². The van der Waals surface area contributed by atoms with E-state index in [1.807, 2.05) is 58.9 Å². The van der Waals surface area contributed by atoms with E-state index in [-0.39, 0.29) is 22.6 Å². The Bertz CT molecular complexity index is 982. The number of amides is 2. The first-order valence-electron chi connectivity index (χ1n) is 10.8. The van der Waals surface area contributed by atoms with Gasteiger partial charge in [0.2, 0.25) is 5.91 Å². The van der Waals surface area contributed by atoms with Crippen LogP contribution in [0.25, 0.3) is 0 Å². The van der Waals surface area contributed by atoms with Gasteiger partial charge < -0.3 is 16.0 Å². The maximum Gasteiger partial charge on any atom is 0.254 e. The van der Waals surface area contributed by atoms with Crippen LogP contribution in [-0.2, 0) is 11.3 Å². The third-order valence-electron chi connectivity index (χ3n) is 5.06. The highest BCUT2D eigenvalue weighted by Crippen LogP contribution is 2.25. The molecule has 0 atom stereocenters. The molecule has 6 nitrogen and oxygen atoms in total. The Hall–Kier alpha value is -3.17. The fourth-order valence-electron chi connectivity index (χ4n) is 3.31. The smallest absolute Gasteiger partial charge is 0.254 e. The van der Waals surface area contributed by atoms with Gasteiger partial charge in [0.15, 0.2) is 0 Å². The van der Waals surface area contributed by atoms with Crippen LogP contribution in [0.5, 0.6) is 0 Å². The molecule has 2 rings (SSSR count). The Labute approximate surface area is 191 Å². The topological polar surface area (TPSA) is 99.2 Å². The Kier molecular flexibility index (Phi) is 8.18. The summed E-state index contributed by atoms with van der Waals surface area (Å²) in [7, 11) is 0. The standard InChI is InChI=1S/C26H34N4O2/c1-25(2,3)14-23(31)29-22-9-7-6-8-21(22)16-30(18-26(4,5)17-28)24(32)20-12-10-19(15-27)11-13-20/h6-13H,14,16-18,28H2,1-5H3,(H,29,31). The van der Waals surface area contributed by atoms with Crippen molar-refractivity contribution in [2.45, 2.75) is 47.6 Å². The molecule has 0 radical (unpaired) electrons. The summed E-state index contributed by atoms with van der Waals surface area (Å²) in [5, 5.41) is 12.0. The van der Waals surface area contributed by atoms with Crippen molar-refractivity contribution < 1.29 is 9.59 Å². The molecule has 3 N–H and O–H groups in total. The van der Waals surface area contributed by atoms with Crippen molar-refractivity contribution in [3.63, 3.8) is 0 Å². The van der Waals surface area contributed by atoms with Crippen LogP contribution in [-0.4, -0.2) is 29.8 Å². The van der Waals surface area contributed by atoms with Crippen LogP contribution in [0.3, 0.4) is 0 Å². The number of carbonyl (C=O) groups excluding carboxylic acids is 2. The van der Waals surface area contributed by atoms with Crippen LogP contribution in [0.4, 0.5) is 5.69 Å². The minimum Gasteiger partial charge on any atom is -0.334 e. The van der Waals surface area contributed by atoms with Gasteiger partial charge in [-0.15, -0.1) is 0 Å². The summed E-state index contributed by atoms with van der Waals surface area (Å²) in [6, 6.07) is 16.2. The van der Waals surface area contributed by atoms with Gasteiger partial charge in [-0.05, 0) is 53.3 Å². The molecule has 0 aliphatic rings. The number of anilines is 1. The van der Waals surface area contributed by atoms with Gasteiger partial charge in [-0.3, -0.25) is 9.59 Å². The van der Waals surface area contributed by atoms with Crippen molar-refractivity contribution in [2.24, 2.45) is 16.6 Å². The maximum absolute atomic E-state index is 13.4. The van der Waals surface area contributed by atoms with Crippen molar-refractivity contribution in [3.8, 4) is 6.07 Å². The fraction of sp³-hybridized carbons (Fsp3) is 0.423. The Morgan fingerprint density at radius 1 is 1.03 bits per heavy atom. The number of nitrogens with two attached hydrogens (primary N) is 1. The second kappa shape index (κ2) is 10.4. The largest absolute Gasteiger partial charge is 0.334 e. The van der Waals surface area contributed by atoms with Crippen LogP contribution in [0.15, 0.2) is 48.5 Å². The molecule has 170 valence electrons. The maximum atomic E-state index is 13.4. The summed E-state index contributed by atoms with van der Waals surface area (Å²) in [5.41, 5.74) is 8.10. The predicted molar refractivity (Wildman–Crippen MR) is 128 cm³/mol. The van der Waals surface area contributed by atoms with Crippen LogP contribution in [0.1, 0.15) is 62.5 Å². The molecular formula is C26H34N4O2. The second-order valence-corrected chi connectivity index (χ2v) is 10.2. The van der Waals surface area contributed by atoms with Crippen LogP contribution in [0, 0.1) is 22.2 Å². The predicted octanol–water partition coefficient (Wildman–Crippen LogP) is 4.56.